The lowest BCUT2D eigenvalue weighted by Crippen LogP contribution is -2.14. The van der Waals surface area contributed by atoms with Gasteiger partial charge in [-0.1, -0.05) is 47.5 Å². The summed E-state index contributed by atoms with van der Waals surface area (Å²) in [5.41, 5.74) is 9.26. The van der Waals surface area contributed by atoms with Crippen molar-refractivity contribution in [3.63, 3.8) is 0 Å². The molecule has 2 N–H and O–H groups in total. The van der Waals surface area contributed by atoms with Gasteiger partial charge in [-0.3, -0.25) is 4.98 Å². The van der Waals surface area contributed by atoms with Gasteiger partial charge in [-0.2, -0.15) is 0 Å². The highest BCUT2D eigenvalue weighted by molar-refractivity contribution is 6.36. The molecule has 1 aromatic heterocycles. The van der Waals surface area contributed by atoms with Crippen LogP contribution in [0.5, 0.6) is 0 Å². The minimum absolute atomic E-state index is 0.185. The molecule has 21 heavy (non-hydrogen) atoms. The second kappa shape index (κ2) is 6.02. The average molecular weight is 317 g/mol. The largest absolute Gasteiger partial charge is 0.324 e. The number of rotatable bonds is 3. The maximum Gasteiger partial charge on any atom is 0.0705 e. The van der Waals surface area contributed by atoms with Crippen LogP contribution in [0.4, 0.5) is 0 Å². The van der Waals surface area contributed by atoms with Crippen LogP contribution in [0.25, 0.3) is 10.9 Å². The van der Waals surface area contributed by atoms with E-state index in [0.29, 0.717) is 16.5 Å². The van der Waals surface area contributed by atoms with Crippen molar-refractivity contribution >= 4 is 34.1 Å². The van der Waals surface area contributed by atoms with E-state index in [1.165, 1.54) is 0 Å². The molecule has 1 unspecified atom stereocenters. The fourth-order valence-electron chi connectivity index (χ4n) is 2.50. The van der Waals surface area contributed by atoms with E-state index < -0.39 is 0 Å². The molecule has 1 heterocycles. The maximum atomic E-state index is 6.39. The Morgan fingerprint density at radius 3 is 2.43 bits per heavy atom. The smallest absolute Gasteiger partial charge is 0.0705 e. The number of hydrogen-bond acceptors (Lipinski definition) is 2. The van der Waals surface area contributed by atoms with Crippen molar-refractivity contribution in [2.75, 3.05) is 0 Å². The Hall–Kier alpha value is -1.61. The van der Waals surface area contributed by atoms with E-state index >= 15 is 0 Å². The van der Waals surface area contributed by atoms with Gasteiger partial charge >= 0.3 is 0 Å². The molecule has 3 aromatic rings. The zero-order valence-corrected chi connectivity index (χ0v) is 12.8. The van der Waals surface area contributed by atoms with Gasteiger partial charge in [0.25, 0.3) is 0 Å². The topological polar surface area (TPSA) is 38.9 Å². The van der Waals surface area contributed by atoms with Gasteiger partial charge in [0.05, 0.1) is 5.52 Å². The van der Waals surface area contributed by atoms with Crippen molar-refractivity contribution in [2.45, 2.75) is 12.5 Å². The molecule has 0 radical (unpaired) electrons. The molecular formula is C17H14Cl2N2. The van der Waals surface area contributed by atoms with E-state index in [4.69, 9.17) is 28.9 Å². The number of benzene rings is 2. The van der Waals surface area contributed by atoms with Gasteiger partial charge in [0, 0.05) is 27.7 Å². The van der Waals surface area contributed by atoms with Gasteiger partial charge in [-0.05, 0) is 41.8 Å². The number of nitrogens with two attached hydrogens (primary N) is 1. The van der Waals surface area contributed by atoms with Crippen molar-refractivity contribution < 1.29 is 0 Å². The zero-order valence-electron chi connectivity index (χ0n) is 11.3. The van der Waals surface area contributed by atoms with Crippen LogP contribution in [-0.2, 0) is 6.42 Å². The molecule has 4 heteroatoms. The quantitative estimate of drug-likeness (QED) is 0.755. The third-order valence-electron chi connectivity index (χ3n) is 3.57. The maximum absolute atomic E-state index is 6.39. The molecule has 0 aliphatic heterocycles. The summed E-state index contributed by atoms with van der Waals surface area (Å²) in [6.45, 7) is 0. The number of fused-ring (bicyclic) bond motifs is 1. The van der Waals surface area contributed by atoms with Crippen molar-refractivity contribution in [3.05, 3.63) is 75.9 Å². The molecule has 3 rings (SSSR count). The van der Waals surface area contributed by atoms with Crippen LogP contribution in [-0.4, -0.2) is 4.98 Å². The first-order chi connectivity index (χ1) is 10.2. The minimum atomic E-state index is -0.185. The van der Waals surface area contributed by atoms with Gasteiger partial charge < -0.3 is 5.73 Å². The molecule has 0 spiro atoms. The van der Waals surface area contributed by atoms with Crippen LogP contribution in [0.1, 0.15) is 17.2 Å². The summed E-state index contributed by atoms with van der Waals surface area (Å²) in [5, 5.41) is 2.36. The summed E-state index contributed by atoms with van der Waals surface area (Å²) < 4.78 is 0. The van der Waals surface area contributed by atoms with Crippen LogP contribution >= 0.6 is 23.2 Å². The Kier molecular flexibility index (Phi) is 4.11. The fourth-order valence-corrected chi connectivity index (χ4v) is 3.05. The molecule has 0 fully saturated rings. The molecule has 106 valence electrons. The van der Waals surface area contributed by atoms with Crippen molar-refractivity contribution in [2.24, 2.45) is 5.73 Å². The highest BCUT2D eigenvalue weighted by Gasteiger charge is 2.14. The SMILES string of the molecule is NC(Cc1c(Cl)cccc1Cl)c1ccnc2ccccc12. The Morgan fingerprint density at radius 2 is 1.67 bits per heavy atom. The third kappa shape index (κ3) is 2.88. The van der Waals surface area contributed by atoms with E-state index in [1.807, 2.05) is 48.5 Å². The first-order valence-electron chi connectivity index (χ1n) is 6.69. The van der Waals surface area contributed by atoms with Crippen LogP contribution in [0.2, 0.25) is 10.0 Å². The average Bonchev–Trinajstić information content (AvgIpc) is 2.50. The minimum Gasteiger partial charge on any atom is -0.324 e. The number of pyridine rings is 1. The van der Waals surface area contributed by atoms with E-state index in [-0.39, 0.29) is 6.04 Å². The molecule has 0 amide bonds. The van der Waals surface area contributed by atoms with E-state index in [2.05, 4.69) is 4.98 Å². The third-order valence-corrected chi connectivity index (χ3v) is 4.28. The van der Waals surface area contributed by atoms with E-state index in [1.54, 1.807) is 6.20 Å². The van der Waals surface area contributed by atoms with Crippen LogP contribution in [0.15, 0.2) is 54.7 Å². The Morgan fingerprint density at radius 1 is 0.952 bits per heavy atom. The first-order valence-corrected chi connectivity index (χ1v) is 7.44. The molecular weight excluding hydrogens is 303 g/mol. The molecule has 0 aliphatic carbocycles. The van der Waals surface area contributed by atoms with Gasteiger partial charge in [0.2, 0.25) is 0 Å². The van der Waals surface area contributed by atoms with Crippen molar-refractivity contribution in [1.82, 2.24) is 4.98 Å². The van der Waals surface area contributed by atoms with Crippen molar-refractivity contribution in [1.29, 1.82) is 0 Å². The van der Waals surface area contributed by atoms with Gasteiger partial charge in [0.15, 0.2) is 0 Å². The Balaban J connectivity index is 2.00. The summed E-state index contributed by atoms with van der Waals surface area (Å²) in [6, 6.07) is 15.2. The van der Waals surface area contributed by atoms with Crippen LogP contribution in [0, 0.1) is 0 Å². The van der Waals surface area contributed by atoms with Crippen LogP contribution in [0.3, 0.4) is 0 Å². The molecule has 0 saturated heterocycles. The molecule has 2 nitrogen and oxygen atoms in total. The summed E-state index contributed by atoms with van der Waals surface area (Å²) in [7, 11) is 0. The number of halogens is 2. The second-order valence-electron chi connectivity index (χ2n) is 4.93. The van der Waals surface area contributed by atoms with E-state index in [9.17, 15) is 0 Å². The number of hydrogen-bond donors (Lipinski definition) is 1. The van der Waals surface area contributed by atoms with Crippen molar-refractivity contribution in [3.8, 4) is 0 Å². The monoisotopic (exact) mass is 316 g/mol. The summed E-state index contributed by atoms with van der Waals surface area (Å²) in [6.07, 6.45) is 2.37. The van der Waals surface area contributed by atoms with Crippen LogP contribution < -0.4 is 5.73 Å². The molecule has 2 aromatic carbocycles. The lowest BCUT2D eigenvalue weighted by molar-refractivity contribution is 0.727. The van der Waals surface area contributed by atoms with E-state index in [0.717, 1.165) is 22.0 Å². The Bertz CT molecular complexity index is 761. The number of nitrogens with zero attached hydrogens (tertiary/aromatic N) is 1. The van der Waals surface area contributed by atoms with Gasteiger partial charge in [0.1, 0.15) is 0 Å². The molecule has 1 atom stereocenters. The highest BCUT2D eigenvalue weighted by atomic mass is 35.5. The lowest BCUT2D eigenvalue weighted by Gasteiger charge is -2.16. The number of aromatic nitrogens is 1. The molecule has 0 saturated carbocycles. The summed E-state index contributed by atoms with van der Waals surface area (Å²) in [5.74, 6) is 0. The molecule has 0 aliphatic rings. The fraction of sp³-hybridized carbons (Fsp3) is 0.118. The normalized spacial score (nSPS) is 12.5. The number of para-hydroxylation sites is 1. The summed E-state index contributed by atoms with van der Waals surface area (Å²) >= 11 is 12.5. The first kappa shape index (κ1) is 14.3. The standard InChI is InChI=1S/C17H14Cl2N2/c18-14-5-3-6-15(19)13(14)10-16(20)11-8-9-21-17-7-2-1-4-12(11)17/h1-9,16H,10,20H2. The predicted octanol–water partition coefficient (Wildman–Crippen LogP) is 4.78. The summed E-state index contributed by atoms with van der Waals surface area (Å²) in [4.78, 5) is 4.36. The second-order valence-corrected chi connectivity index (χ2v) is 5.74. The van der Waals surface area contributed by atoms with Gasteiger partial charge in [-0.25, -0.2) is 0 Å². The molecule has 0 bridgehead atoms. The zero-order chi connectivity index (χ0) is 14.8. The highest BCUT2D eigenvalue weighted by Crippen LogP contribution is 2.30. The lowest BCUT2D eigenvalue weighted by atomic mass is 9.97. The Labute approximate surface area is 133 Å². The predicted molar refractivity (Wildman–Crippen MR) is 88.8 cm³/mol. The van der Waals surface area contributed by atoms with Gasteiger partial charge in [-0.15, -0.1) is 0 Å².